The summed E-state index contributed by atoms with van der Waals surface area (Å²) in [5.41, 5.74) is -0.800. The van der Waals surface area contributed by atoms with Crippen LogP contribution in [0.25, 0.3) is 11.1 Å². The Hall–Kier alpha value is -3.99. The summed E-state index contributed by atoms with van der Waals surface area (Å²) in [6, 6.07) is 13.3. The van der Waals surface area contributed by atoms with Gasteiger partial charge in [-0.3, -0.25) is 18.5 Å². The fourth-order valence-corrected chi connectivity index (χ4v) is 6.39. The van der Waals surface area contributed by atoms with Crippen molar-refractivity contribution in [1.82, 2.24) is 4.57 Å². The molecule has 2 heterocycles. The Labute approximate surface area is 242 Å². The number of fused-ring (bicyclic) bond motifs is 1. The molecular weight excluding hydrogens is 580 g/mol. The van der Waals surface area contributed by atoms with Crippen LogP contribution in [0.3, 0.4) is 0 Å². The Balaban J connectivity index is 0.00000198. The number of halogens is 6. The van der Waals surface area contributed by atoms with E-state index in [4.69, 9.17) is 4.74 Å². The molecule has 4 aromatic rings. The van der Waals surface area contributed by atoms with Gasteiger partial charge in [0, 0.05) is 23.3 Å². The van der Waals surface area contributed by atoms with E-state index in [1.165, 1.54) is 72.0 Å². The molecule has 0 saturated carbocycles. The van der Waals surface area contributed by atoms with Crippen LogP contribution in [0.5, 0.6) is 5.75 Å². The van der Waals surface area contributed by atoms with Gasteiger partial charge in [0.1, 0.15) is 11.9 Å². The first kappa shape index (κ1) is 31.0. The van der Waals surface area contributed by atoms with Gasteiger partial charge in [-0.2, -0.15) is 13.2 Å². The predicted octanol–water partition coefficient (Wildman–Crippen LogP) is 7.84. The third kappa shape index (κ3) is 5.70. The Morgan fingerprint density at radius 3 is 2.31 bits per heavy atom. The molecule has 0 N–H and O–H groups in total. The van der Waals surface area contributed by atoms with Crippen LogP contribution in [0.15, 0.2) is 76.6 Å². The average Bonchev–Trinajstić information content (AvgIpc) is 3.42. The molecule has 11 heteroatoms. The van der Waals surface area contributed by atoms with Crippen LogP contribution in [0.4, 0.5) is 26.3 Å². The summed E-state index contributed by atoms with van der Waals surface area (Å²) in [5, 5.41) is 0.340. The highest BCUT2D eigenvalue weighted by atomic mass is 32.2. The number of alkyl halides is 4. The molecule has 1 aromatic heterocycles. The van der Waals surface area contributed by atoms with E-state index in [0.717, 1.165) is 18.2 Å². The fourth-order valence-electron chi connectivity index (χ4n) is 5.03. The van der Waals surface area contributed by atoms with Crippen molar-refractivity contribution in [2.24, 2.45) is 0 Å². The number of nitrogens with zero attached hydrogens (tertiary/aromatic N) is 1. The highest BCUT2D eigenvalue weighted by Gasteiger charge is 2.37. The normalized spacial score (nSPS) is 14.2. The van der Waals surface area contributed by atoms with E-state index in [9.17, 15) is 31.5 Å². The second-order valence-electron chi connectivity index (χ2n) is 9.31. The molecule has 1 aliphatic heterocycles. The summed E-state index contributed by atoms with van der Waals surface area (Å²) in [7, 11) is 1.78. The zero-order chi connectivity index (χ0) is 30.8. The monoisotopic (exact) mass is 605 g/mol. The molecule has 4 nitrogen and oxygen atoms in total. The van der Waals surface area contributed by atoms with E-state index in [0.29, 0.717) is 23.3 Å². The molecule has 5 rings (SSSR count). The number of benzene rings is 3. The molecule has 0 amide bonds. The molecule has 0 saturated heterocycles. The summed E-state index contributed by atoms with van der Waals surface area (Å²) in [5.74, 6) is -1.79. The Morgan fingerprint density at radius 2 is 1.67 bits per heavy atom. The SMILES string of the molecule is CF.COc1cccc(-c2c(C)c(Cc3ccccc3C(F)(F)F)c3n(c2=O)C(C(=O)c2ccc(F)cc2)CS3)c1F. The molecular formula is C31H25F6NO3S. The number of hydrogen-bond donors (Lipinski definition) is 0. The van der Waals surface area contributed by atoms with E-state index >= 15 is 4.39 Å². The van der Waals surface area contributed by atoms with Crippen molar-refractivity contribution in [3.05, 3.63) is 117 Å². The largest absolute Gasteiger partial charge is 0.494 e. The highest BCUT2D eigenvalue weighted by molar-refractivity contribution is 7.99. The Kier molecular flexibility index (Phi) is 9.20. The maximum Gasteiger partial charge on any atom is 0.416 e. The Bertz CT molecular complexity index is 1680. The summed E-state index contributed by atoms with van der Waals surface area (Å²) < 4.78 is 86.4. The van der Waals surface area contributed by atoms with Crippen LogP contribution in [-0.4, -0.2) is 30.4 Å². The average molecular weight is 606 g/mol. The lowest BCUT2D eigenvalue weighted by atomic mass is 9.92. The number of carbonyl (C=O) groups is 1. The van der Waals surface area contributed by atoms with Crippen molar-refractivity contribution in [2.75, 3.05) is 20.0 Å². The minimum absolute atomic E-state index is 0.0227. The van der Waals surface area contributed by atoms with Crippen molar-refractivity contribution < 1.29 is 35.9 Å². The molecule has 1 aliphatic rings. The smallest absolute Gasteiger partial charge is 0.416 e. The number of hydrogen-bond acceptors (Lipinski definition) is 4. The summed E-state index contributed by atoms with van der Waals surface area (Å²) in [6.07, 6.45) is -4.82. The van der Waals surface area contributed by atoms with Gasteiger partial charge in [-0.15, -0.1) is 11.8 Å². The summed E-state index contributed by atoms with van der Waals surface area (Å²) in [6.45, 7) is 1.57. The van der Waals surface area contributed by atoms with E-state index in [1.54, 1.807) is 6.92 Å². The van der Waals surface area contributed by atoms with Gasteiger partial charge in [0.25, 0.3) is 5.56 Å². The second kappa shape index (κ2) is 12.5. The Morgan fingerprint density at radius 1 is 1.00 bits per heavy atom. The maximum absolute atomic E-state index is 15.5. The molecule has 3 aromatic carbocycles. The van der Waals surface area contributed by atoms with Gasteiger partial charge < -0.3 is 4.74 Å². The van der Waals surface area contributed by atoms with Crippen molar-refractivity contribution in [3.63, 3.8) is 0 Å². The van der Waals surface area contributed by atoms with Crippen LogP contribution in [0, 0.1) is 18.6 Å². The van der Waals surface area contributed by atoms with Crippen LogP contribution in [0.1, 0.15) is 38.7 Å². The molecule has 0 spiro atoms. The van der Waals surface area contributed by atoms with Gasteiger partial charge in [-0.1, -0.05) is 30.3 Å². The van der Waals surface area contributed by atoms with E-state index in [2.05, 4.69) is 0 Å². The standard InChI is InChI=1S/C30H22F5NO3S.CH3F/c1-16-21(14-18-6-3-4-8-22(18)30(33,34)35)29-36(23(15-40-29)27(37)17-10-12-19(31)13-11-17)28(38)25(16)20-7-5-9-24(39-2)26(20)32;1-2/h3-13,23H,14-15H2,1-2H3;1H3. The van der Waals surface area contributed by atoms with Crippen molar-refractivity contribution in [1.29, 1.82) is 0 Å². The quantitative estimate of drug-likeness (QED) is 0.166. The highest BCUT2D eigenvalue weighted by Crippen LogP contribution is 2.42. The lowest BCUT2D eigenvalue weighted by molar-refractivity contribution is -0.138. The number of rotatable bonds is 6. The first-order chi connectivity index (χ1) is 20.0. The topological polar surface area (TPSA) is 48.3 Å². The fraction of sp³-hybridized carbons (Fsp3) is 0.226. The lowest BCUT2D eigenvalue weighted by Gasteiger charge is -2.21. The lowest BCUT2D eigenvalue weighted by Crippen LogP contribution is -2.31. The third-order valence-electron chi connectivity index (χ3n) is 7.00. The number of ether oxygens (including phenoxy) is 1. The minimum Gasteiger partial charge on any atom is -0.494 e. The molecule has 0 fully saturated rings. The molecule has 0 bridgehead atoms. The van der Waals surface area contributed by atoms with Crippen molar-refractivity contribution in [2.45, 2.75) is 30.6 Å². The number of Topliss-reactive ketones (excluding diaryl/α,β-unsaturated/α-hetero) is 1. The zero-order valence-electron chi connectivity index (χ0n) is 22.7. The van der Waals surface area contributed by atoms with Crippen molar-refractivity contribution >= 4 is 17.5 Å². The molecule has 42 heavy (non-hydrogen) atoms. The van der Waals surface area contributed by atoms with Gasteiger partial charge in [-0.25, -0.2) is 8.78 Å². The van der Waals surface area contributed by atoms with Gasteiger partial charge >= 0.3 is 6.18 Å². The number of pyridine rings is 1. The zero-order valence-corrected chi connectivity index (χ0v) is 23.5. The molecule has 1 unspecified atom stereocenters. The summed E-state index contributed by atoms with van der Waals surface area (Å²) in [4.78, 5) is 27.5. The van der Waals surface area contributed by atoms with E-state index in [-0.39, 0.29) is 40.2 Å². The molecule has 0 aliphatic carbocycles. The molecule has 0 radical (unpaired) electrons. The number of carbonyl (C=O) groups excluding carboxylic acids is 1. The van der Waals surface area contributed by atoms with E-state index in [1.807, 2.05) is 0 Å². The van der Waals surface area contributed by atoms with Crippen molar-refractivity contribution in [3.8, 4) is 16.9 Å². The maximum atomic E-state index is 15.5. The van der Waals surface area contributed by atoms with Gasteiger partial charge in [0.05, 0.1) is 30.4 Å². The number of thioether (sulfide) groups is 1. The second-order valence-corrected chi connectivity index (χ2v) is 10.3. The third-order valence-corrected chi connectivity index (χ3v) is 8.20. The van der Waals surface area contributed by atoms with E-state index < -0.39 is 40.8 Å². The number of aromatic nitrogens is 1. The van der Waals surface area contributed by atoms with Gasteiger partial charge in [-0.05, 0) is 60.0 Å². The summed E-state index contributed by atoms with van der Waals surface area (Å²) >= 11 is 1.17. The molecule has 220 valence electrons. The predicted molar refractivity (Wildman–Crippen MR) is 149 cm³/mol. The van der Waals surface area contributed by atoms with Crippen LogP contribution < -0.4 is 10.3 Å². The van der Waals surface area contributed by atoms with Crippen LogP contribution >= 0.6 is 11.8 Å². The minimum atomic E-state index is -4.62. The van der Waals surface area contributed by atoms with Crippen LogP contribution in [0.2, 0.25) is 0 Å². The van der Waals surface area contributed by atoms with Crippen LogP contribution in [-0.2, 0) is 12.6 Å². The number of ketones is 1. The van der Waals surface area contributed by atoms with Gasteiger partial charge in [0.2, 0.25) is 0 Å². The first-order valence-corrected chi connectivity index (χ1v) is 13.6. The van der Waals surface area contributed by atoms with Gasteiger partial charge in [0.15, 0.2) is 17.3 Å². The first-order valence-electron chi connectivity index (χ1n) is 12.6. The number of methoxy groups -OCH3 is 1. The molecule has 1 atom stereocenters.